The molecule has 0 aliphatic carbocycles. The molecule has 0 spiro atoms. The van der Waals surface area contributed by atoms with Crippen LogP contribution in [0.15, 0.2) is 0 Å². The second-order valence-electron chi connectivity index (χ2n) is 3.95. The first-order valence-corrected chi connectivity index (χ1v) is 5.81. The van der Waals surface area contributed by atoms with E-state index < -0.39 is 5.60 Å². The lowest BCUT2D eigenvalue weighted by atomic mass is 9.97. The Balaban J connectivity index is 2.16. The van der Waals surface area contributed by atoms with Gasteiger partial charge in [0, 0.05) is 26.2 Å². The summed E-state index contributed by atoms with van der Waals surface area (Å²) < 4.78 is 4.19. The first kappa shape index (κ1) is 11.8. The Morgan fingerprint density at radius 1 is 1.54 bits per heavy atom. The molecule has 0 aromatic carbocycles. The topological polar surface area (TPSA) is 26.7 Å². The van der Waals surface area contributed by atoms with Gasteiger partial charge in [-0.1, -0.05) is 32.1 Å². The number of nitrogens with zero attached hydrogens (tertiary/aromatic N) is 2. The molecular formula is C8H20N2OP2. The van der Waals surface area contributed by atoms with Crippen LogP contribution in [0.4, 0.5) is 0 Å². The van der Waals surface area contributed by atoms with E-state index in [1.54, 1.807) is 0 Å². The summed E-state index contributed by atoms with van der Waals surface area (Å²) in [7, 11) is 5.30. The molecule has 78 valence electrons. The Morgan fingerprint density at radius 2 is 2.15 bits per heavy atom. The Bertz CT molecular complexity index is 162. The van der Waals surface area contributed by atoms with E-state index in [0.29, 0.717) is 0 Å². The van der Waals surface area contributed by atoms with Crippen LogP contribution in [0.3, 0.4) is 0 Å². The van der Waals surface area contributed by atoms with Gasteiger partial charge in [-0.05, 0) is 6.42 Å². The van der Waals surface area contributed by atoms with Crippen molar-refractivity contribution < 1.29 is 5.11 Å². The van der Waals surface area contributed by atoms with Gasteiger partial charge in [0.15, 0.2) is 0 Å². The maximum absolute atomic E-state index is 9.94. The van der Waals surface area contributed by atoms with Crippen LogP contribution >= 0.6 is 18.8 Å². The van der Waals surface area contributed by atoms with Crippen LogP contribution in [-0.2, 0) is 0 Å². The summed E-state index contributed by atoms with van der Waals surface area (Å²) in [6.07, 6.45) is 2.41. The molecule has 2 unspecified atom stereocenters. The fourth-order valence-electron chi connectivity index (χ4n) is 1.63. The van der Waals surface area contributed by atoms with E-state index in [9.17, 15) is 5.11 Å². The highest BCUT2D eigenvalue weighted by Gasteiger charge is 2.39. The lowest BCUT2D eigenvalue weighted by Crippen LogP contribution is -2.61. The summed E-state index contributed by atoms with van der Waals surface area (Å²) in [6, 6.07) is 0. The number of aliphatic hydroxyl groups is 1. The van der Waals surface area contributed by atoms with E-state index in [1.165, 1.54) is 12.8 Å². The second kappa shape index (κ2) is 5.00. The zero-order valence-corrected chi connectivity index (χ0v) is 10.5. The summed E-state index contributed by atoms with van der Waals surface area (Å²) >= 11 is 0. The SMILES string of the molecule is CCCCN(P)CC1(O)CN(P)C1. The monoisotopic (exact) mass is 222 g/mol. The van der Waals surface area contributed by atoms with E-state index in [2.05, 4.69) is 35.0 Å². The summed E-state index contributed by atoms with van der Waals surface area (Å²) in [4.78, 5) is 0. The predicted octanol–water partition coefficient (Wildman–Crippen LogP) is 0.715. The highest BCUT2D eigenvalue weighted by Crippen LogP contribution is 2.25. The molecule has 3 nitrogen and oxygen atoms in total. The Labute approximate surface area is 85.4 Å². The molecule has 0 radical (unpaired) electrons. The van der Waals surface area contributed by atoms with Crippen molar-refractivity contribution in [2.75, 3.05) is 26.2 Å². The minimum atomic E-state index is -0.475. The molecule has 13 heavy (non-hydrogen) atoms. The molecule has 0 aromatic rings. The molecule has 1 aliphatic rings. The van der Waals surface area contributed by atoms with Crippen molar-refractivity contribution in [1.82, 2.24) is 9.34 Å². The van der Waals surface area contributed by atoms with Gasteiger partial charge in [0.2, 0.25) is 0 Å². The van der Waals surface area contributed by atoms with Gasteiger partial charge >= 0.3 is 0 Å². The van der Waals surface area contributed by atoms with Gasteiger partial charge in [-0.15, -0.1) is 0 Å². The predicted molar refractivity (Wildman–Crippen MR) is 62.4 cm³/mol. The molecule has 1 rings (SSSR count). The van der Waals surface area contributed by atoms with E-state index >= 15 is 0 Å². The molecule has 1 saturated heterocycles. The summed E-state index contributed by atoms with van der Waals surface area (Å²) in [5, 5.41) is 9.94. The van der Waals surface area contributed by atoms with Crippen LogP contribution in [-0.4, -0.2) is 46.2 Å². The van der Waals surface area contributed by atoms with Gasteiger partial charge in [0.25, 0.3) is 0 Å². The minimum Gasteiger partial charge on any atom is -0.386 e. The number of β-amino-alcohol motifs (C(OH)–C–C–N with tert-alkyl or cyclic N) is 1. The number of hydrogen-bond donors (Lipinski definition) is 1. The molecule has 0 saturated carbocycles. The van der Waals surface area contributed by atoms with Gasteiger partial charge in [-0.3, -0.25) is 9.34 Å². The Hall–Kier alpha value is 0.740. The van der Waals surface area contributed by atoms with E-state index in [4.69, 9.17) is 0 Å². The number of unbranched alkanes of at least 4 members (excludes halogenated alkanes) is 1. The molecule has 2 atom stereocenters. The molecule has 1 N–H and O–H groups in total. The largest absolute Gasteiger partial charge is 0.386 e. The summed E-state index contributed by atoms with van der Waals surface area (Å²) in [5.41, 5.74) is -0.475. The summed E-state index contributed by atoms with van der Waals surface area (Å²) in [6.45, 7) is 5.55. The first-order chi connectivity index (χ1) is 6.06. The molecule has 5 heteroatoms. The third-order valence-electron chi connectivity index (χ3n) is 2.29. The van der Waals surface area contributed by atoms with Crippen molar-refractivity contribution >= 4 is 18.8 Å². The fourth-order valence-corrected chi connectivity index (χ4v) is 2.83. The molecule has 0 bridgehead atoms. The smallest absolute Gasteiger partial charge is 0.103 e. The highest BCUT2D eigenvalue weighted by atomic mass is 31.0. The molecule has 0 aromatic heterocycles. The Kier molecular flexibility index (Phi) is 4.54. The minimum absolute atomic E-state index is 0.475. The van der Waals surface area contributed by atoms with Crippen LogP contribution in [0.5, 0.6) is 0 Å². The third kappa shape index (κ3) is 3.77. The van der Waals surface area contributed by atoms with Crippen molar-refractivity contribution in [2.45, 2.75) is 25.4 Å². The van der Waals surface area contributed by atoms with Gasteiger partial charge in [0.05, 0.1) is 0 Å². The van der Waals surface area contributed by atoms with Crippen LogP contribution in [0.2, 0.25) is 0 Å². The number of hydrogen-bond acceptors (Lipinski definition) is 3. The van der Waals surface area contributed by atoms with E-state index in [0.717, 1.165) is 26.2 Å². The maximum atomic E-state index is 9.94. The third-order valence-corrected chi connectivity index (χ3v) is 3.10. The van der Waals surface area contributed by atoms with Crippen LogP contribution in [0.1, 0.15) is 19.8 Å². The van der Waals surface area contributed by atoms with Gasteiger partial charge in [0.1, 0.15) is 5.60 Å². The molecule has 0 amide bonds. The van der Waals surface area contributed by atoms with E-state index in [-0.39, 0.29) is 0 Å². The van der Waals surface area contributed by atoms with Crippen molar-refractivity contribution in [1.29, 1.82) is 0 Å². The van der Waals surface area contributed by atoms with E-state index in [1.807, 2.05) is 0 Å². The maximum Gasteiger partial charge on any atom is 0.103 e. The van der Waals surface area contributed by atoms with Gasteiger partial charge in [-0.25, -0.2) is 0 Å². The standard InChI is InChI=1S/C8H20N2OP2/c1-2-3-4-9(12)5-8(11)6-10(13)7-8/h11H,2-7,12-13H2,1H3. The molecular weight excluding hydrogens is 202 g/mol. The summed E-state index contributed by atoms with van der Waals surface area (Å²) in [5.74, 6) is 0. The molecule has 1 fully saturated rings. The molecule has 1 aliphatic heterocycles. The number of rotatable bonds is 5. The van der Waals surface area contributed by atoms with Crippen LogP contribution < -0.4 is 0 Å². The fraction of sp³-hybridized carbons (Fsp3) is 1.00. The van der Waals surface area contributed by atoms with Crippen LogP contribution in [0.25, 0.3) is 0 Å². The van der Waals surface area contributed by atoms with Crippen molar-refractivity contribution in [3.8, 4) is 0 Å². The average molecular weight is 222 g/mol. The lowest BCUT2D eigenvalue weighted by molar-refractivity contribution is -0.0641. The van der Waals surface area contributed by atoms with Crippen LogP contribution in [0, 0.1) is 0 Å². The zero-order chi connectivity index (χ0) is 9.90. The van der Waals surface area contributed by atoms with Gasteiger partial charge < -0.3 is 5.11 Å². The van der Waals surface area contributed by atoms with Crippen molar-refractivity contribution in [3.05, 3.63) is 0 Å². The van der Waals surface area contributed by atoms with Gasteiger partial charge in [-0.2, -0.15) is 0 Å². The second-order valence-corrected chi connectivity index (χ2v) is 5.41. The lowest BCUT2D eigenvalue weighted by Gasteiger charge is -2.45. The normalized spacial score (nSPS) is 21.9. The quantitative estimate of drug-likeness (QED) is 0.694. The average Bonchev–Trinajstić information content (AvgIpc) is 1.98. The van der Waals surface area contributed by atoms with Crippen molar-refractivity contribution in [2.24, 2.45) is 0 Å². The Morgan fingerprint density at radius 3 is 2.62 bits per heavy atom. The van der Waals surface area contributed by atoms with Crippen molar-refractivity contribution in [3.63, 3.8) is 0 Å². The zero-order valence-electron chi connectivity index (χ0n) is 8.24. The highest BCUT2D eigenvalue weighted by molar-refractivity contribution is 7.13. The molecule has 1 heterocycles. The first-order valence-electron chi connectivity index (χ1n) is 4.77.